The predicted octanol–water partition coefficient (Wildman–Crippen LogP) is 2.41. The number of aryl methyl sites for hydroxylation is 1. The molecule has 1 aromatic heterocycles. The molecule has 2 N–H and O–H groups in total. The summed E-state index contributed by atoms with van der Waals surface area (Å²) in [6, 6.07) is 7.29. The lowest BCUT2D eigenvalue weighted by Crippen LogP contribution is -2.12. The van der Waals surface area contributed by atoms with Crippen LogP contribution in [0.25, 0.3) is 0 Å². The van der Waals surface area contributed by atoms with E-state index in [-0.39, 0.29) is 0 Å². The second-order valence-corrected chi connectivity index (χ2v) is 5.00. The molecule has 0 atom stereocenters. The van der Waals surface area contributed by atoms with Crippen LogP contribution in [0.5, 0.6) is 0 Å². The van der Waals surface area contributed by atoms with Gasteiger partial charge >= 0.3 is 0 Å². The Morgan fingerprint density at radius 2 is 2.17 bits per heavy atom. The van der Waals surface area contributed by atoms with Gasteiger partial charge in [-0.15, -0.1) is 0 Å². The molecule has 0 fully saturated rings. The number of halogens is 1. The van der Waals surface area contributed by atoms with Gasteiger partial charge in [0.1, 0.15) is 0 Å². The summed E-state index contributed by atoms with van der Waals surface area (Å²) in [7, 11) is 0. The number of carbonyl (C=O) groups is 1. The molecule has 18 heavy (non-hydrogen) atoms. The van der Waals surface area contributed by atoms with Crippen molar-refractivity contribution in [1.82, 2.24) is 9.78 Å². The summed E-state index contributed by atoms with van der Waals surface area (Å²) in [5.74, 6) is -0.411. The van der Waals surface area contributed by atoms with Crippen LogP contribution >= 0.6 is 15.9 Å². The summed E-state index contributed by atoms with van der Waals surface area (Å²) in [5.41, 5.74) is 8.81. The van der Waals surface area contributed by atoms with Crippen molar-refractivity contribution in [2.24, 2.45) is 5.73 Å². The van der Waals surface area contributed by atoms with E-state index in [2.05, 4.69) is 21.0 Å². The maximum absolute atomic E-state index is 11.1. The van der Waals surface area contributed by atoms with E-state index in [1.165, 1.54) is 0 Å². The lowest BCUT2D eigenvalue weighted by Gasteiger charge is -2.06. The maximum Gasteiger partial charge on any atom is 0.248 e. The first-order valence-corrected chi connectivity index (χ1v) is 6.36. The lowest BCUT2D eigenvalue weighted by molar-refractivity contribution is 0.1000. The van der Waals surface area contributed by atoms with Crippen LogP contribution in [0.3, 0.4) is 0 Å². The summed E-state index contributed by atoms with van der Waals surface area (Å²) in [5, 5.41) is 4.43. The molecule has 0 aliphatic rings. The minimum Gasteiger partial charge on any atom is -0.366 e. The number of primary amides is 1. The zero-order valence-electron chi connectivity index (χ0n) is 10.3. The first-order chi connectivity index (χ1) is 8.49. The number of amides is 1. The van der Waals surface area contributed by atoms with Crippen LogP contribution in [-0.4, -0.2) is 15.7 Å². The average molecular weight is 308 g/mol. The zero-order valence-corrected chi connectivity index (χ0v) is 11.9. The number of hydrogen-bond acceptors (Lipinski definition) is 2. The van der Waals surface area contributed by atoms with Gasteiger partial charge in [0.05, 0.1) is 22.4 Å². The van der Waals surface area contributed by atoms with E-state index in [9.17, 15) is 4.79 Å². The number of hydrogen-bond donors (Lipinski definition) is 1. The number of nitrogens with zero attached hydrogens (tertiary/aromatic N) is 2. The summed E-state index contributed by atoms with van der Waals surface area (Å²) >= 11 is 3.49. The Bertz CT molecular complexity index is 604. The summed E-state index contributed by atoms with van der Waals surface area (Å²) in [4.78, 5) is 11.1. The molecule has 2 rings (SSSR count). The number of aromatic nitrogens is 2. The van der Waals surface area contributed by atoms with Crippen LogP contribution in [0.4, 0.5) is 0 Å². The summed E-state index contributed by atoms with van der Waals surface area (Å²) in [6.07, 6.45) is 0. The van der Waals surface area contributed by atoms with Crippen LogP contribution in [0.15, 0.2) is 28.7 Å². The Balaban J connectivity index is 2.31. The molecule has 0 aliphatic heterocycles. The highest BCUT2D eigenvalue weighted by molar-refractivity contribution is 9.10. The van der Waals surface area contributed by atoms with Gasteiger partial charge in [-0.2, -0.15) is 5.10 Å². The molecule has 0 radical (unpaired) electrons. The predicted molar refractivity (Wildman–Crippen MR) is 73.5 cm³/mol. The third-order valence-electron chi connectivity index (χ3n) is 2.84. The number of rotatable bonds is 3. The van der Waals surface area contributed by atoms with Crippen LogP contribution in [0.2, 0.25) is 0 Å². The van der Waals surface area contributed by atoms with Gasteiger partial charge in [0, 0.05) is 5.56 Å². The van der Waals surface area contributed by atoms with Crippen LogP contribution < -0.4 is 5.73 Å². The highest BCUT2D eigenvalue weighted by Gasteiger charge is 2.09. The zero-order chi connectivity index (χ0) is 13.3. The fourth-order valence-electron chi connectivity index (χ4n) is 1.82. The maximum atomic E-state index is 11.1. The van der Waals surface area contributed by atoms with Crippen molar-refractivity contribution < 1.29 is 4.79 Å². The fraction of sp³-hybridized carbons (Fsp3) is 0.231. The molecule has 1 aromatic carbocycles. The molecule has 0 spiro atoms. The van der Waals surface area contributed by atoms with Crippen LogP contribution in [0, 0.1) is 13.8 Å². The molecule has 0 unspecified atom stereocenters. The van der Waals surface area contributed by atoms with Crippen molar-refractivity contribution in [3.05, 3.63) is 51.3 Å². The molecule has 0 saturated heterocycles. The second-order valence-electron chi connectivity index (χ2n) is 4.21. The number of benzene rings is 1. The van der Waals surface area contributed by atoms with E-state index in [1.54, 1.807) is 12.1 Å². The van der Waals surface area contributed by atoms with Crippen LogP contribution in [-0.2, 0) is 6.54 Å². The van der Waals surface area contributed by atoms with Gasteiger partial charge in [-0.1, -0.05) is 12.1 Å². The highest BCUT2D eigenvalue weighted by Crippen LogP contribution is 2.20. The number of carbonyl (C=O) groups excluding carboxylic acids is 1. The topological polar surface area (TPSA) is 60.9 Å². The Labute approximate surface area is 114 Å². The number of nitrogens with two attached hydrogens (primary N) is 1. The minimum atomic E-state index is -0.411. The van der Waals surface area contributed by atoms with E-state index in [4.69, 9.17) is 5.73 Å². The van der Waals surface area contributed by atoms with Gasteiger partial charge in [0.2, 0.25) is 5.91 Å². The monoisotopic (exact) mass is 307 g/mol. The third kappa shape index (κ3) is 2.46. The van der Waals surface area contributed by atoms with Crippen molar-refractivity contribution in [1.29, 1.82) is 0 Å². The average Bonchev–Trinajstić information content (AvgIpc) is 2.57. The van der Waals surface area contributed by atoms with Gasteiger partial charge in [-0.3, -0.25) is 9.48 Å². The van der Waals surface area contributed by atoms with Crippen molar-refractivity contribution >= 4 is 21.8 Å². The highest BCUT2D eigenvalue weighted by atomic mass is 79.9. The Morgan fingerprint density at radius 1 is 1.44 bits per heavy atom. The van der Waals surface area contributed by atoms with Gasteiger partial charge in [-0.25, -0.2) is 0 Å². The van der Waals surface area contributed by atoms with E-state index >= 15 is 0 Å². The molecule has 0 bridgehead atoms. The first kappa shape index (κ1) is 12.8. The van der Waals surface area contributed by atoms with Crippen molar-refractivity contribution in [2.75, 3.05) is 0 Å². The molecule has 94 valence electrons. The minimum absolute atomic E-state index is 0.411. The SMILES string of the molecule is Cc1nn(Cc2cccc(C(N)=O)c2)c(C)c1Br. The second kappa shape index (κ2) is 4.94. The Morgan fingerprint density at radius 3 is 2.72 bits per heavy atom. The van der Waals surface area contributed by atoms with Gasteiger partial charge in [-0.05, 0) is 47.5 Å². The molecule has 1 amide bonds. The molecular weight excluding hydrogens is 294 g/mol. The van der Waals surface area contributed by atoms with Gasteiger partial charge in [0.15, 0.2) is 0 Å². The molecule has 2 aromatic rings. The largest absolute Gasteiger partial charge is 0.366 e. The van der Waals surface area contributed by atoms with Crippen molar-refractivity contribution in [2.45, 2.75) is 20.4 Å². The van der Waals surface area contributed by atoms with E-state index in [1.807, 2.05) is 30.7 Å². The Kier molecular flexibility index (Phi) is 3.52. The third-order valence-corrected chi connectivity index (χ3v) is 3.98. The van der Waals surface area contributed by atoms with Gasteiger partial charge < -0.3 is 5.73 Å². The molecule has 4 nitrogen and oxygen atoms in total. The van der Waals surface area contributed by atoms with Crippen molar-refractivity contribution in [3.8, 4) is 0 Å². The van der Waals surface area contributed by atoms with Crippen molar-refractivity contribution in [3.63, 3.8) is 0 Å². The normalized spacial score (nSPS) is 10.6. The first-order valence-electron chi connectivity index (χ1n) is 5.57. The standard InChI is InChI=1S/C13H14BrN3O/c1-8-12(14)9(2)17(16-8)7-10-4-3-5-11(6-10)13(15)18/h3-6H,7H2,1-2H3,(H2,15,18). The van der Waals surface area contributed by atoms with E-state index in [0.29, 0.717) is 12.1 Å². The molecule has 5 heteroatoms. The quantitative estimate of drug-likeness (QED) is 0.946. The molecule has 1 heterocycles. The molecular formula is C13H14BrN3O. The summed E-state index contributed by atoms with van der Waals surface area (Å²) < 4.78 is 2.92. The molecule has 0 saturated carbocycles. The smallest absolute Gasteiger partial charge is 0.248 e. The van der Waals surface area contributed by atoms with E-state index in [0.717, 1.165) is 21.4 Å². The van der Waals surface area contributed by atoms with Crippen LogP contribution in [0.1, 0.15) is 27.3 Å². The summed E-state index contributed by atoms with van der Waals surface area (Å²) in [6.45, 7) is 4.58. The van der Waals surface area contributed by atoms with E-state index < -0.39 is 5.91 Å². The fourth-order valence-corrected chi connectivity index (χ4v) is 2.11. The van der Waals surface area contributed by atoms with Gasteiger partial charge in [0.25, 0.3) is 0 Å². The molecule has 0 aliphatic carbocycles. The Hall–Kier alpha value is -1.62. The lowest BCUT2D eigenvalue weighted by atomic mass is 10.1.